The van der Waals surface area contributed by atoms with Gasteiger partial charge in [-0.1, -0.05) is 6.47 Å². The number of carboxylic acids is 2. The predicted octanol–water partition coefficient (Wildman–Crippen LogP) is -0.754. The second-order valence-corrected chi connectivity index (χ2v) is 2.03. The molecule has 13 heavy (non-hydrogen) atoms. The number of aliphatic carboxylic acids is 2. The number of hydrogen-bond acceptors (Lipinski definition) is 4. The van der Waals surface area contributed by atoms with Gasteiger partial charge >= 0.3 is 11.9 Å². The molecule has 0 aromatic carbocycles. The van der Waals surface area contributed by atoms with Crippen molar-refractivity contribution in [2.24, 2.45) is 5.92 Å². The minimum absolute atomic E-state index is 0. The fourth-order valence-corrected chi connectivity index (χ4v) is 0.563. The minimum atomic E-state index is -1.31. The number of carbonyl (C=O) groups is 2. The molecule has 0 saturated heterocycles. The molecule has 0 bridgehead atoms. The maximum atomic E-state index is 10.3. The minimum Gasteiger partial charge on any atom is -0.652 e. The second-order valence-electron chi connectivity index (χ2n) is 2.03. The van der Waals surface area contributed by atoms with Crippen LogP contribution in [0.25, 0.3) is 0 Å². The normalized spacial score (nSPS) is 10.8. The quantitative estimate of drug-likeness (QED) is 0.526. The van der Waals surface area contributed by atoms with Gasteiger partial charge < -0.3 is 19.7 Å². The fourth-order valence-electron chi connectivity index (χ4n) is 0.563. The number of ether oxygens (including phenoxy) is 1. The van der Waals surface area contributed by atoms with Crippen molar-refractivity contribution in [2.75, 3.05) is 6.61 Å². The van der Waals surface area contributed by atoms with E-state index in [0.717, 1.165) is 6.47 Å². The van der Waals surface area contributed by atoms with Crippen LogP contribution in [0.5, 0.6) is 0 Å². The average molecular weight is 442 g/mol. The molecule has 0 spiro atoms. The zero-order valence-electron chi connectivity index (χ0n) is 6.73. The molecule has 70 valence electrons. The van der Waals surface area contributed by atoms with Crippen molar-refractivity contribution in [1.82, 2.24) is 0 Å². The van der Waals surface area contributed by atoms with Crippen LogP contribution in [0.3, 0.4) is 0 Å². The maximum absolute atomic E-state index is 10.3. The molecule has 0 radical (unpaired) electrons. The van der Waals surface area contributed by atoms with E-state index in [9.17, 15) is 14.4 Å². The molecule has 6 nitrogen and oxygen atoms in total. The van der Waals surface area contributed by atoms with E-state index in [1.807, 2.05) is 0 Å². The first-order valence-electron chi connectivity index (χ1n) is 3.01. The Kier molecular flexibility index (Phi) is 6.16. The van der Waals surface area contributed by atoms with Crippen LogP contribution in [-0.2, 0) is 19.1 Å². The van der Waals surface area contributed by atoms with E-state index in [2.05, 4.69) is 4.74 Å². The Morgan fingerprint density at radius 1 is 1.38 bits per heavy atom. The van der Waals surface area contributed by atoms with Gasteiger partial charge in [-0.2, -0.15) is 0 Å². The van der Waals surface area contributed by atoms with Crippen LogP contribution in [0.4, 0.5) is 0 Å². The largest absolute Gasteiger partial charge is 0.652 e. The van der Waals surface area contributed by atoms with Gasteiger partial charge in [0.15, 0.2) is 0 Å². The first-order chi connectivity index (χ1) is 5.57. The van der Waals surface area contributed by atoms with Gasteiger partial charge in [-0.25, -0.2) is 0 Å². The zero-order chi connectivity index (χ0) is 9.56. The van der Waals surface area contributed by atoms with Gasteiger partial charge in [0.2, 0.25) is 0 Å². The van der Waals surface area contributed by atoms with Crippen molar-refractivity contribution < 1.29 is 29.3 Å². The fraction of sp³-hybridized carbons (Fsp3) is 0.500. The Bertz CT molecular complexity index is 192. The Morgan fingerprint density at radius 3 is 2.23 bits per heavy atom. The van der Waals surface area contributed by atoms with Crippen molar-refractivity contribution in [3.05, 3.63) is 0 Å². The van der Waals surface area contributed by atoms with Crippen molar-refractivity contribution in [1.29, 1.82) is 0 Å². The van der Waals surface area contributed by atoms with Crippen LogP contribution in [-0.4, -0.2) is 35.2 Å². The van der Waals surface area contributed by atoms with Crippen LogP contribution < -0.4 is 0 Å². The van der Waals surface area contributed by atoms with E-state index < -0.39 is 30.9 Å². The third-order valence-corrected chi connectivity index (χ3v) is 1.11. The van der Waals surface area contributed by atoms with E-state index >= 15 is 0 Å². The summed E-state index contributed by atoms with van der Waals surface area (Å²) in [4.78, 5) is 29.9. The molecular weight excluding hydrogens is 435 g/mol. The third-order valence-electron chi connectivity index (χ3n) is 1.11. The van der Waals surface area contributed by atoms with Crippen LogP contribution >= 0.6 is 0 Å². The van der Waals surface area contributed by atoms with E-state index in [1.54, 1.807) is 0 Å². The summed E-state index contributed by atoms with van der Waals surface area (Å²) in [5.41, 5.74) is 0. The van der Waals surface area contributed by atoms with Gasteiger partial charge in [-0.3, -0.25) is 9.59 Å². The average Bonchev–Trinajstić information content (AvgIpc) is 1.96. The molecule has 0 amide bonds. The molecular formula is C6H7O6Rf-. The Morgan fingerprint density at radius 2 is 1.92 bits per heavy atom. The number of rotatable bonds is 6. The molecule has 0 rings (SSSR count). The summed E-state index contributed by atoms with van der Waals surface area (Å²) in [7, 11) is 0. The standard InChI is InChI=1S/C6H7O6.Rf/c7-3-12-2-4(6(10)11)1-5(8)9;/h4H,1-2H2,(H,8,9)(H,10,11);/q-1;. The van der Waals surface area contributed by atoms with Crippen LogP contribution in [0.15, 0.2) is 0 Å². The number of hydrogen-bond donors (Lipinski definition) is 2. The van der Waals surface area contributed by atoms with Gasteiger partial charge in [0, 0.05) is 0 Å². The second kappa shape index (κ2) is 6.14. The Hall–Kier alpha value is -2.59. The molecule has 1 unspecified atom stereocenters. The van der Waals surface area contributed by atoms with Crippen LogP contribution in [0, 0.1) is 5.92 Å². The van der Waals surface area contributed by atoms with E-state index in [0.29, 0.717) is 0 Å². The van der Waals surface area contributed by atoms with E-state index in [4.69, 9.17) is 10.2 Å². The zero-order valence-corrected chi connectivity index (χ0v) is 13.1. The van der Waals surface area contributed by atoms with Crippen molar-refractivity contribution >= 4 is 18.4 Å². The predicted molar refractivity (Wildman–Crippen MR) is 35.0 cm³/mol. The van der Waals surface area contributed by atoms with E-state index in [-0.39, 0.29) is 0 Å². The topological polar surface area (TPSA) is 101 Å². The van der Waals surface area contributed by atoms with E-state index in [1.165, 1.54) is 0 Å². The van der Waals surface area contributed by atoms with Gasteiger partial charge in [-0.05, 0) is 0 Å². The molecule has 2 N–H and O–H groups in total. The molecule has 1 atom stereocenters. The molecule has 0 fully saturated rings. The summed E-state index contributed by atoms with van der Waals surface area (Å²) in [5, 5.41) is 16.6. The van der Waals surface area contributed by atoms with Crippen molar-refractivity contribution in [3.8, 4) is 0 Å². The first-order valence-corrected chi connectivity index (χ1v) is 3.01. The summed E-state index contributed by atoms with van der Waals surface area (Å²) >= 11 is 0. The monoisotopic (exact) mass is 442 g/mol. The summed E-state index contributed by atoms with van der Waals surface area (Å²) in [6.07, 6.45) is -0.572. The Labute approximate surface area is 67.8 Å². The maximum Gasteiger partial charge on any atom is 0.310 e. The summed E-state index contributed by atoms with van der Waals surface area (Å²) in [6, 6.07) is 0. The van der Waals surface area contributed by atoms with Gasteiger partial charge in [-0.15, -0.1) is 0 Å². The Balaban J connectivity index is 0. The number of carbonyl (C=O) groups excluding carboxylic acids is 1. The molecule has 0 aliphatic rings. The van der Waals surface area contributed by atoms with Gasteiger partial charge in [0.05, 0.1) is 18.9 Å². The summed E-state index contributed by atoms with van der Waals surface area (Å²) in [5.74, 6) is -3.77. The summed E-state index contributed by atoms with van der Waals surface area (Å²) < 4.78 is 4.01. The van der Waals surface area contributed by atoms with Crippen molar-refractivity contribution in [2.45, 2.75) is 6.42 Å². The smallest absolute Gasteiger partial charge is 0.310 e. The molecule has 0 aromatic heterocycles. The molecule has 0 heterocycles. The molecule has 0 aliphatic heterocycles. The van der Waals surface area contributed by atoms with Crippen molar-refractivity contribution in [3.63, 3.8) is 0 Å². The molecule has 0 aliphatic carbocycles. The summed E-state index contributed by atoms with van der Waals surface area (Å²) in [6.45, 7) is 0.553. The van der Waals surface area contributed by atoms with Crippen LogP contribution in [0.2, 0.25) is 0 Å². The van der Waals surface area contributed by atoms with Gasteiger partial charge in [0.25, 0.3) is 0 Å². The van der Waals surface area contributed by atoms with Gasteiger partial charge in [0.1, 0.15) is 0 Å². The number of carboxylic acid groups (broad SMARTS) is 2. The molecule has 0 saturated carbocycles. The SMILES string of the molecule is O=[C-]OCC(CC(=O)O)C(=O)O.[Rf]. The third kappa shape index (κ3) is 5.84. The molecule has 7 heteroatoms. The first kappa shape index (κ1) is 13.0. The molecule has 0 aromatic rings. The van der Waals surface area contributed by atoms with Crippen LogP contribution in [0.1, 0.15) is 6.42 Å².